The number of anilines is 1. The van der Waals surface area contributed by atoms with Gasteiger partial charge in [-0.2, -0.15) is 0 Å². The van der Waals surface area contributed by atoms with Crippen LogP contribution in [0.3, 0.4) is 0 Å². The Balaban J connectivity index is 2.37. The average molecular weight is 331 g/mol. The van der Waals surface area contributed by atoms with Crippen LogP contribution in [0.15, 0.2) is 45.3 Å². The van der Waals surface area contributed by atoms with E-state index >= 15 is 0 Å². The average Bonchev–Trinajstić information content (AvgIpc) is 3.07. The van der Waals surface area contributed by atoms with Crippen molar-refractivity contribution in [2.75, 3.05) is 12.3 Å². The molecule has 0 amide bonds. The van der Waals surface area contributed by atoms with Crippen LogP contribution in [0.25, 0.3) is 0 Å². The Labute approximate surface area is 138 Å². The number of rotatable bonds is 7. The van der Waals surface area contributed by atoms with E-state index in [1.54, 1.807) is 18.5 Å². The number of allylic oxidation sites excluding steroid dienone is 1. The number of nitrogens with two attached hydrogens (primary N) is 5. The lowest BCUT2D eigenvalue weighted by atomic mass is 9.95. The molecule has 0 bridgehead atoms. The molecule has 0 aromatic carbocycles. The van der Waals surface area contributed by atoms with E-state index in [2.05, 4.69) is 36.8 Å². The maximum Gasteiger partial charge on any atom is 0.220 e. The van der Waals surface area contributed by atoms with Gasteiger partial charge in [-0.1, -0.05) is 6.58 Å². The molecule has 1 aliphatic rings. The van der Waals surface area contributed by atoms with Crippen LogP contribution in [0.4, 0.5) is 5.95 Å². The standard InChI is InChI=1S/C13H21N11/c1-6(14)22-9(2-7-3-20-12(17)23-7)8(4-19-11(15)16)10-5-21-13(18)24-10/h2-3,5,8-9,22H,1,4,14H2,(H2,17,23)(H4,15,16,19)(H3,18,21,24)/b7-2+. The minimum atomic E-state index is -0.360. The van der Waals surface area contributed by atoms with Gasteiger partial charge in [0, 0.05) is 11.6 Å². The van der Waals surface area contributed by atoms with Crippen LogP contribution < -0.4 is 34.0 Å². The molecule has 1 aromatic heterocycles. The Morgan fingerprint density at radius 2 is 2.12 bits per heavy atom. The number of aromatic nitrogens is 2. The number of aromatic amines is 1. The van der Waals surface area contributed by atoms with Gasteiger partial charge in [0.2, 0.25) is 5.96 Å². The van der Waals surface area contributed by atoms with E-state index in [9.17, 15) is 0 Å². The Bertz CT molecular complexity index is 720. The summed E-state index contributed by atoms with van der Waals surface area (Å²) in [6.45, 7) is 3.93. The van der Waals surface area contributed by atoms with E-state index < -0.39 is 0 Å². The second kappa shape index (κ2) is 7.17. The second-order valence-electron chi connectivity index (χ2n) is 5.11. The normalized spacial score (nSPS) is 17.3. The number of hydrogen-bond acceptors (Lipinski definition) is 8. The van der Waals surface area contributed by atoms with Crippen molar-refractivity contribution in [1.82, 2.24) is 15.3 Å². The summed E-state index contributed by atoms with van der Waals surface area (Å²) in [5.41, 5.74) is 29.1. The topological polar surface area (TPSA) is 208 Å². The zero-order valence-corrected chi connectivity index (χ0v) is 13.0. The van der Waals surface area contributed by atoms with E-state index in [-0.39, 0.29) is 42.2 Å². The predicted molar refractivity (Wildman–Crippen MR) is 94.9 cm³/mol. The van der Waals surface area contributed by atoms with Gasteiger partial charge in [-0.25, -0.2) is 15.0 Å². The second-order valence-corrected chi connectivity index (χ2v) is 5.11. The van der Waals surface area contributed by atoms with Crippen LogP contribution in [-0.4, -0.2) is 40.7 Å². The molecular weight excluding hydrogens is 310 g/mol. The molecular formula is C13H21N11. The van der Waals surface area contributed by atoms with E-state index in [1.807, 2.05) is 0 Å². The highest BCUT2D eigenvalue weighted by Crippen LogP contribution is 2.22. The number of aliphatic imine (C=N–C) groups is 3. The largest absolute Gasteiger partial charge is 0.386 e. The van der Waals surface area contributed by atoms with Crippen LogP contribution in [0, 0.1) is 0 Å². The third-order valence-electron chi connectivity index (χ3n) is 3.19. The minimum absolute atomic E-state index is 0.0323. The lowest BCUT2D eigenvalue weighted by Crippen LogP contribution is -2.37. The van der Waals surface area contributed by atoms with Gasteiger partial charge in [0.25, 0.3) is 0 Å². The van der Waals surface area contributed by atoms with E-state index in [0.29, 0.717) is 5.70 Å². The van der Waals surface area contributed by atoms with Gasteiger partial charge in [0.05, 0.1) is 36.5 Å². The zero-order chi connectivity index (χ0) is 17.7. The molecule has 128 valence electrons. The summed E-state index contributed by atoms with van der Waals surface area (Å²) < 4.78 is 0. The summed E-state index contributed by atoms with van der Waals surface area (Å²) in [5.74, 6) is 0.428. The molecule has 0 aliphatic carbocycles. The first-order valence-corrected chi connectivity index (χ1v) is 7.02. The Morgan fingerprint density at radius 1 is 1.38 bits per heavy atom. The number of nitrogens with zero attached hydrogens (tertiary/aromatic N) is 4. The molecule has 0 spiro atoms. The third-order valence-corrected chi connectivity index (χ3v) is 3.19. The fourth-order valence-electron chi connectivity index (χ4n) is 2.21. The van der Waals surface area contributed by atoms with Gasteiger partial charge in [-0.3, -0.25) is 4.99 Å². The highest BCUT2D eigenvalue weighted by molar-refractivity contribution is 5.99. The van der Waals surface area contributed by atoms with Crippen molar-refractivity contribution in [2.24, 2.45) is 37.9 Å². The van der Waals surface area contributed by atoms with Crippen molar-refractivity contribution in [3.63, 3.8) is 0 Å². The minimum Gasteiger partial charge on any atom is -0.386 e. The van der Waals surface area contributed by atoms with Crippen molar-refractivity contribution in [2.45, 2.75) is 12.0 Å². The first kappa shape index (κ1) is 16.9. The van der Waals surface area contributed by atoms with Gasteiger partial charge in [-0.05, 0) is 6.08 Å². The van der Waals surface area contributed by atoms with E-state index in [1.165, 1.54) is 0 Å². The van der Waals surface area contributed by atoms with Crippen molar-refractivity contribution in [1.29, 1.82) is 0 Å². The van der Waals surface area contributed by atoms with Crippen molar-refractivity contribution >= 4 is 24.1 Å². The molecule has 0 saturated heterocycles. The van der Waals surface area contributed by atoms with Gasteiger partial charge in [0.1, 0.15) is 0 Å². The van der Waals surface area contributed by atoms with Crippen LogP contribution in [-0.2, 0) is 0 Å². The van der Waals surface area contributed by atoms with Gasteiger partial charge in [0.15, 0.2) is 11.9 Å². The molecule has 1 aromatic rings. The van der Waals surface area contributed by atoms with Gasteiger partial charge >= 0.3 is 0 Å². The van der Waals surface area contributed by atoms with Gasteiger partial charge in [-0.15, -0.1) is 0 Å². The molecule has 11 heteroatoms. The van der Waals surface area contributed by atoms with E-state index in [4.69, 9.17) is 28.7 Å². The maximum atomic E-state index is 5.71. The van der Waals surface area contributed by atoms with E-state index in [0.717, 1.165) is 5.69 Å². The zero-order valence-electron chi connectivity index (χ0n) is 13.0. The summed E-state index contributed by atoms with van der Waals surface area (Å²) in [6.07, 6.45) is 4.95. The molecule has 11 nitrogen and oxygen atoms in total. The number of nitrogen functional groups attached to an aromatic ring is 1. The SMILES string of the molecule is C=C(N)NC(/C=C1\C=NC(N)=N1)C(CN=C(N)N)c1cnc(N)[nH]1. The monoisotopic (exact) mass is 331 g/mol. The quantitative estimate of drug-likeness (QED) is 0.221. The fourth-order valence-corrected chi connectivity index (χ4v) is 2.21. The molecule has 0 radical (unpaired) electrons. The van der Waals surface area contributed by atoms with Crippen LogP contribution >= 0.6 is 0 Å². The fraction of sp³-hybridized carbons (Fsp3) is 0.231. The molecule has 0 fully saturated rings. The van der Waals surface area contributed by atoms with Crippen molar-refractivity contribution < 1.29 is 0 Å². The summed E-state index contributed by atoms with van der Waals surface area (Å²) >= 11 is 0. The lowest BCUT2D eigenvalue weighted by molar-refractivity contribution is 0.534. The molecule has 24 heavy (non-hydrogen) atoms. The first-order chi connectivity index (χ1) is 11.3. The molecule has 2 unspecified atom stereocenters. The lowest BCUT2D eigenvalue weighted by Gasteiger charge is -2.24. The number of H-pyrrole nitrogens is 1. The highest BCUT2D eigenvalue weighted by atomic mass is 15.1. The maximum absolute atomic E-state index is 5.71. The summed E-state index contributed by atoms with van der Waals surface area (Å²) in [7, 11) is 0. The number of guanidine groups is 2. The molecule has 2 atom stereocenters. The Morgan fingerprint density at radius 3 is 2.62 bits per heavy atom. The molecule has 2 heterocycles. The molecule has 2 rings (SSSR count). The van der Waals surface area contributed by atoms with Crippen molar-refractivity contribution in [3.05, 3.63) is 36.1 Å². The van der Waals surface area contributed by atoms with Crippen LogP contribution in [0.1, 0.15) is 11.6 Å². The highest BCUT2D eigenvalue weighted by Gasteiger charge is 2.24. The first-order valence-electron chi connectivity index (χ1n) is 7.02. The Hall–Kier alpha value is -3.50. The summed E-state index contributed by atoms with van der Waals surface area (Å²) in [6, 6.07) is -0.360. The summed E-state index contributed by atoms with van der Waals surface area (Å²) in [5, 5.41) is 3.05. The van der Waals surface area contributed by atoms with Gasteiger partial charge < -0.3 is 39.0 Å². The number of hydrogen-bond donors (Lipinski definition) is 7. The molecule has 12 N–H and O–H groups in total. The van der Waals surface area contributed by atoms with Crippen LogP contribution in [0.5, 0.6) is 0 Å². The molecule has 1 aliphatic heterocycles. The predicted octanol–water partition coefficient (Wildman–Crippen LogP) is -1.98. The third kappa shape index (κ3) is 4.50. The molecule has 0 saturated carbocycles. The summed E-state index contributed by atoms with van der Waals surface area (Å²) in [4.78, 5) is 19.1. The smallest absolute Gasteiger partial charge is 0.220 e. The number of nitrogens with one attached hydrogen (secondary N) is 2. The number of imidazole rings is 1. The van der Waals surface area contributed by atoms with Crippen molar-refractivity contribution in [3.8, 4) is 0 Å². The Kier molecular flexibility index (Phi) is 5.04. The van der Waals surface area contributed by atoms with Crippen LogP contribution in [0.2, 0.25) is 0 Å².